The number of hydrogen-bond acceptors (Lipinski definition) is 3. The molecule has 66 valence electrons. The van der Waals surface area contributed by atoms with Crippen molar-refractivity contribution in [1.82, 2.24) is 4.98 Å². The van der Waals surface area contributed by atoms with Crippen LogP contribution in [0.25, 0.3) is 10.9 Å². The zero-order valence-corrected chi connectivity index (χ0v) is 7.42. The van der Waals surface area contributed by atoms with E-state index >= 15 is 0 Å². The van der Waals surface area contributed by atoms with E-state index in [1.54, 1.807) is 18.2 Å². The molecule has 3 N–H and O–H groups in total. The minimum atomic E-state index is 0.102. The minimum absolute atomic E-state index is 0.102. The van der Waals surface area contributed by atoms with Crippen LogP contribution in [0.3, 0.4) is 0 Å². The normalized spacial score (nSPS) is 10.5. The Bertz CT molecular complexity index is 470. The van der Waals surface area contributed by atoms with Gasteiger partial charge < -0.3 is 10.8 Å². The van der Waals surface area contributed by atoms with Crippen LogP contribution in [0.5, 0.6) is 5.75 Å². The minimum Gasteiger partial charge on any atom is -0.507 e. The number of nitrogens with zero attached hydrogens (tertiary/aromatic N) is 1. The van der Waals surface area contributed by atoms with Crippen LogP contribution in [0.15, 0.2) is 24.3 Å². The fourth-order valence-electron chi connectivity index (χ4n) is 1.20. The Hall–Kier alpha value is -1.48. The lowest BCUT2D eigenvalue weighted by Crippen LogP contribution is -1.90. The first kappa shape index (κ1) is 8.13. The Kier molecular flexibility index (Phi) is 1.74. The molecular weight excluding hydrogens is 188 g/mol. The number of pyridine rings is 1. The van der Waals surface area contributed by atoms with Gasteiger partial charge in [0.15, 0.2) is 0 Å². The molecule has 0 radical (unpaired) electrons. The van der Waals surface area contributed by atoms with E-state index in [0.717, 1.165) is 0 Å². The highest BCUT2D eigenvalue weighted by Gasteiger charge is 2.02. The van der Waals surface area contributed by atoms with Crippen molar-refractivity contribution in [3.05, 3.63) is 29.3 Å². The van der Waals surface area contributed by atoms with Crippen molar-refractivity contribution in [1.29, 1.82) is 0 Å². The van der Waals surface area contributed by atoms with Crippen LogP contribution in [0.2, 0.25) is 5.02 Å². The van der Waals surface area contributed by atoms with Gasteiger partial charge in [-0.1, -0.05) is 11.6 Å². The Morgan fingerprint density at radius 3 is 2.85 bits per heavy atom. The van der Waals surface area contributed by atoms with Crippen molar-refractivity contribution >= 4 is 28.3 Å². The highest BCUT2D eigenvalue weighted by atomic mass is 35.5. The lowest BCUT2D eigenvalue weighted by molar-refractivity contribution is 0.481. The summed E-state index contributed by atoms with van der Waals surface area (Å²) in [5.74, 6) is 0.400. The van der Waals surface area contributed by atoms with E-state index in [0.29, 0.717) is 21.7 Å². The molecule has 4 heteroatoms. The lowest BCUT2D eigenvalue weighted by Gasteiger charge is -2.01. The van der Waals surface area contributed by atoms with Crippen LogP contribution in [0.1, 0.15) is 0 Å². The summed E-state index contributed by atoms with van der Waals surface area (Å²) in [6, 6.07) is 6.47. The maximum atomic E-state index is 9.50. The van der Waals surface area contributed by atoms with Gasteiger partial charge in [0.25, 0.3) is 0 Å². The van der Waals surface area contributed by atoms with Gasteiger partial charge in [-0.2, -0.15) is 0 Å². The number of rotatable bonds is 0. The lowest BCUT2D eigenvalue weighted by atomic mass is 10.2. The van der Waals surface area contributed by atoms with E-state index in [1.165, 1.54) is 6.07 Å². The second kappa shape index (κ2) is 2.78. The molecule has 2 rings (SSSR count). The molecule has 0 spiro atoms. The summed E-state index contributed by atoms with van der Waals surface area (Å²) < 4.78 is 0. The molecule has 0 aliphatic heterocycles. The molecule has 0 atom stereocenters. The van der Waals surface area contributed by atoms with Crippen molar-refractivity contribution < 1.29 is 5.11 Å². The van der Waals surface area contributed by atoms with E-state index in [-0.39, 0.29) is 5.75 Å². The molecule has 0 bridgehead atoms. The first-order valence-electron chi connectivity index (χ1n) is 3.71. The van der Waals surface area contributed by atoms with Gasteiger partial charge >= 0.3 is 0 Å². The zero-order valence-electron chi connectivity index (χ0n) is 6.66. The van der Waals surface area contributed by atoms with Gasteiger partial charge in [-0.15, -0.1) is 0 Å². The summed E-state index contributed by atoms with van der Waals surface area (Å²) in [6.45, 7) is 0. The van der Waals surface area contributed by atoms with Gasteiger partial charge in [-0.05, 0) is 18.2 Å². The summed E-state index contributed by atoms with van der Waals surface area (Å²) in [7, 11) is 0. The number of anilines is 1. The molecule has 2 aromatic rings. The second-order valence-corrected chi connectivity index (χ2v) is 3.16. The maximum absolute atomic E-state index is 9.50. The molecule has 0 saturated heterocycles. The average Bonchev–Trinajstić information content (AvgIpc) is 2.06. The van der Waals surface area contributed by atoms with Gasteiger partial charge in [-0.25, -0.2) is 4.98 Å². The van der Waals surface area contributed by atoms with Crippen molar-refractivity contribution in [2.24, 2.45) is 0 Å². The zero-order chi connectivity index (χ0) is 9.42. The largest absolute Gasteiger partial charge is 0.507 e. The predicted molar refractivity (Wildman–Crippen MR) is 52.8 cm³/mol. The number of nitrogen functional groups attached to an aromatic ring is 1. The molecule has 1 heterocycles. The van der Waals surface area contributed by atoms with Crippen molar-refractivity contribution in [3.63, 3.8) is 0 Å². The van der Waals surface area contributed by atoms with Crippen LogP contribution in [-0.2, 0) is 0 Å². The Labute approximate surface area is 79.8 Å². The number of aromatic hydroxyl groups is 1. The molecule has 0 saturated carbocycles. The van der Waals surface area contributed by atoms with Crippen LogP contribution in [-0.4, -0.2) is 10.1 Å². The smallest absolute Gasteiger partial charge is 0.128 e. The highest BCUT2D eigenvalue weighted by molar-refractivity contribution is 6.31. The summed E-state index contributed by atoms with van der Waals surface area (Å²) in [5.41, 5.74) is 6.10. The van der Waals surface area contributed by atoms with Gasteiger partial charge in [0, 0.05) is 16.5 Å². The predicted octanol–water partition coefficient (Wildman–Crippen LogP) is 2.18. The third kappa shape index (κ3) is 1.38. The van der Waals surface area contributed by atoms with Gasteiger partial charge in [0.1, 0.15) is 11.6 Å². The fourth-order valence-corrected chi connectivity index (χ4v) is 1.37. The summed E-state index contributed by atoms with van der Waals surface area (Å²) in [4.78, 5) is 4.04. The first-order valence-corrected chi connectivity index (χ1v) is 4.09. The van der Waals surface area contributed by atoms with Crippen molar-refractivity contribution in [2.45, 2.75) is 0 Å². The Balaban J connectivity index is 2.87. The van der Waals surface area contributed by atoms with Crippen LogP contribution < -0.4 is 5.73 Å². The summed E-state index contributed by atoms with van der Waals surface area (Å²) in [6.07, 6.45) is 0. The molecule has 1 aromatic carbocycles. The number of benzene rings is 1. The van der Waals surface area contributed by atoms with Crippen LogP contribution in [0.4, 0.5) is 5.82 Å². The topological polar surface area (TPSA) is 59.1 Å². The molecule has 0 aliphatic carbocycles. The quantitative estimate of drug-likeness (QED) is 0.676. The molecule has 3 nitrogen and oxygen atoms in total. The van der Waals surface area contributed by atoms with E-state index in [4.69, 9.17) is 17.3 Å². The number of hydrogen-bond donors (Lipinski definition) is 2. The molecule has 0 fully saturated rings. The molecule has 1 aromatic heterocycles. The second-order valence-electron chi connectivity index (χ2n) is 2.73. The Morgan fingerprint density at radius 1 is 1.31 bits per heavy atom. The average molecular weight is 195 g/mol. The van der Waals surface area contributed by atoms with Gasteiger partial charge in [-0.3, -0.25) is 0 Å². The number of nitrogens with two attached hydrogens (primary N) is 1. The maximum Gasteiger partial charge on any atom is 0.128 e. The van der Waals surface area contributed by atoms with Gasteiger partial charge in [0.05, 0.1) is 5.52 Å². The molecule has 0 amide bonds. The third-order valence-electron chi connectivity index (χ3n) is 1.77. The SMILES string of the molecule is Nc1cc(O)c2cc(Cl)ccc2n1. The Morgan fingerprint density at radius 2 is 2.08 bits per heavy atom. The molecule has 0 aliphatic rings. The number of fused-ring (bicyclic) bond motifs is 1. The van der Waals surface area contributed by atoms with Gasteiger partial charge in [0.2, 0.25) is 0 Å². The summed E-state index contributed by atoms with van der Waals surface area (Å²) >= 11 is 5.76. The standard InChI is InChI=1S/C9H7ClN2O/c10-5-1-2-7-6(3-5)8(13)4-9(11)12-7/h1-4H,(H3,11,12,13). The third-order valence-corrected chi connectivity index (χ3v) is 2.00. The highest BCUT2D eigenvalue weighted by Crippen LogP contribution is 2.27. The fraction of sp³-hybridized carbons (Fsp3) is 0. The monoisotopic (exact) mass is 194 g/mol. The van der Waals surface area contributed by atoms with Crippen molar-refractivity contribution in [2.75, 3.05) is 5.73 Å². The van der Waals surface area contributed by atoms with Crippen molar-refractivity contribution in [3.8, 4) is 5.75 Å². The van der Waals surface area contributed by atoms with E-state index in [9.17, 15) is 5.11 Å². The molecular formula is C9H7ClN2O. The molecule has 0 unspecified atom stereocenters. The first-order chi connectivity index (χ1) is 6.16. The summed E-state index contributed by atoms with van der Waals surface area (Å²) in [5, 5.41) is 10.7. The van der Waals surface area contributed by atoms with Crippen LogP contribution >= 0.6 is 11.6 Å². The van der Waals surface area contributed by atoms with Crippen LogP contribution in [0, 0.1) is 0 Å². The van der Waals surface area contributed by atoms with E-state index in [2.05, 4.69) is 4.98 Å². The number of aromatic nitrogens is 1. The van der Waals surface area contributed by atoms with E-state index < -0.39 is 0 Å². The van der Waals surface area contributed by atoms with E-state index in [1.807, 2.05) is 0 Å². The number of halogens is 1. The molecule has 13 heavy (non-hydrogen) atoms.